The highest BCUT2D eigenvalue weighted by Crippen LogP contribution is 2.17. The number of allylic oxidation sites excluding steroid dienone is 5. The average molecular weight is 999 g/mol. The van der Waals surface area contributed by atoms with Crippen LogP contribution in [0.1, 0.15) is 341 Å². The maximum absolute atomic E-state index is 12.5. The van der Waals surface area contributed by atoms with Crippen LogP contribution in [-0.2, 0) is 14.3 Å². The van der Waals surface area contributed by atoms with Gasteiger partial charge < -0.3 is 20.3 Å². The van der Waals surface area contributed by atoms with Crippen molar-refractivity contribution in [3.63, 3.8) is 0 Å². The molecule has 0 rings (SSSR count). The standard InChI is InChI=1S/C65H123NO5/c1-3-5-7-9-11-13-15-17-18-19-20-21-22-23-24-25-28-31-34-37-41-45-49-53-57-63(68)62(61-67)66-64(69)58-54-50-46-42-38-35-32-29-26-27-30-33-36-40-44-48-52-56-60-71-65(70)59-55-51-47-43-39-16-14-12-10-8-6-4-2/h12,14,29,32,53,57,62-63,67-68H,3-11,13,15-28,30-31,33-52,54-56,58-61H2,1-2H3,(H,66,69)/b14-12-,32-29-,57-53+. The van der Waals surface area contributed by atoms with Crippen molar-refractivity contribution in [3.8, 4) is 0 Å². The van der Waals surface area contributed by atoms with E-state index in [-0.39, 0.29) is 18.5 Å². The molecule has 0 saturated carbocycles. The Balaban J connectivity index is 3.49. The minimum absolute atomic E-state index is 0.00773. The van der Waals surface area contributed by atoms with Crippen LogP contribution < -0.4 is 5.32 Å². The predicted molar refractivity (Wildman–Crippen MR) is 310 cm³/mol. The van der Waals surface area contributed by atoms with Gasteiger partial charge in [-0.3, -0.25) is 9.59 Å². The molecule has 0 saturated heterocycles. The third kappa shape index (κ3) is 57.2. The molecule has 0 aromatic carbocycles. The van der Waals surface area contributed by atoms with Crippen LogP contribution in [-0.4, -0.2) is 47.4 Å². The normalized spacial score (nSPS) is 12.8. The zero-order chi connectivity index (χ0) is 51.4. The van der Waals surface area contributed by atoms with Crippen LogP contribution in [0.3, 0.4) is 0 Å². The van der Waals surface area contributed by atoms with Gasteiger partial charge in [0.05, 0.1) is 25.4 Å². The van der Waals surface area contributed by atoms with Gasteiger partial charge in [0.1, 0.15) is 0 Å². The van der Waals surface area contributed by atoms with Gasteiger partial charge >= 0.3 is 5.97 Å². The Labute approximate surface area is 443 Å². The second-order valence-corrected chi connectivity index (χ2v) is 21.7. The van der Waals surface area contributed by atoms with Gasteiger partial charge in [-0.1, -0.05) is 281 Å². The van der Waals surface area contributed by atoms with Crippen molar-refractivity contribution < 1.29 is 24.5 Å². The summed E-state index contributed by atoms with van der Waals surface area (Å²) in [6.45, 7) is 4.88. The van der Waals surface area contributed by atoms with E-state index < -0.39 is 12.1 Å². The molecular formula is C65H123NO5. The Morgan fingerprint density at radius 2 is 0.662 bits per heavy atom. The van der Waals surface area contributed by atoms with Crippen LogP contribution in [0.5, 0.6) is 0 Å². The number of nitrogens with one attached hydrogen (secondary N) is 1. The molecule has 6 nitrogen and oxygen atoms in total. The number of carbonyl (C=O) groups is 2. The van der Waals surface area contributed by atoms with Crippen molar-refractivity contribution in [2.45, 2.75) is 353 Å². The van der Waals surface area contributed by atoms with Gasteiger partial charge in [-0.05, 0) is 83.5 Å². The molecule has 0 aliphatic rings. The second kappa shape index (κ2) is 60.6. The van der Waals surface area contributed by atoms with Crippen LogP contribution in [0, 0.1) is 0 Å². The second-order valence-electron chi connectivity index (χ2n) is 21.7. The number of ether oxygens (including phenoxy) is 1. The van der Waals surface area contributed by atoms with E-state index in [0.717, 1.165) is 64.2 Å². The van der Waals surface area contributed by atoms with E-state index in [1.807, 2.05) is 6.08 Å². The number of aliphatic hydroxyl groups is 2. The molecule has 1 amide bonds. The van der Waals surface area contributed by atoms with Gasteiger partial charge in [0.25, 0.3) is 0 Å². The molecule has 0 aromatic rings. The van der Waals surface area contributed by atoms with E-state index in [1.54, 1.807) is 6.08 Å². The first-order chi connectivity index (χ1) is 35.0. The maximum atomic E-state index is 12.5. The third-order valence-corrected chi connectivity index (χ3v) is 14.6. The summed E-state index contributed by atoms with van der Waals surface area (Å²) < 4.78 is 5.46. The van der Waals surface area contributed by atoms with E-state index in [9.17, 15) is 19.8 Å². The van der Waals surface area contributed by atoms with Crippen molar-refractivity contribution in [1.82, 2.24) is 5.32 Å². The van der Waals surface area contributed by atoms with E-state index >= 15 is 0 Å². The SMILES string of the molecule is CCCCC/C=C\CCCCCCCC(=O)OCCCCCCCCCCC/C=C\CCCCCCCC(=O)NC(CO)C(O)/C=C/CCCCCCCCCCCCCCCCCCCCCCCC. The molecule has 0 aliphatic carbocycles. The van der Waals surface area contributed by atoms with E-state index in [4.69, 9.17) is 4.74 Å². The lowest BCUT2D eigenvalue weighted by molar-refractivity contribution is -0.143. The molecule has 2 unspecified atom stereocenters. The number of carbonyl (C=O) groups excluding carboxylic acids is 2. The number of unbranched alkanes of at least 4 members (excludes halogenated alkanes) is 44. The number of hydrogen-bond donors (Lipinski definition) is 3. The largest absolute Gasteiger partial charge is 0.466 e. The van der Waals surface area contributed by atoms with Crippen LogP contribution >= 0.6 is 0 Å². The summed E-state index contributed by atoms with van der Waals surface area (Å²) in [5, 5.41) is 23.2. The molecule has 71 heavy (non-hydrogen) atoms. The fourth-order valence-electron chi connectivity index (χ4n) is 9.74. The molecule has 0 aliphatic heterocycles. The van der Waals surface area contributed by atoms with Crippen LogP contribution in [0.25, 0.3) is 0 Å². The van der Waals surface area contributed by atoms with Crippen LogP contribution in [0.2, 0.25) is 0 Å². The van der Waals surface area contributed by atoms with Crippen LogP contribution in [0.15, 0.2) is 36.5 Å². The Morgan fingerprint density at radius 3 is 1.03 bits per heavy atom. The highest BCUT2D eigenvalue weighted by atomic mass is 16.5. The van der Waals surface area contributed by atoms with Gasteiger partial charge in [0.2, 0.25) is 5.91 Å². The summed E-state index contributed by atoms with van der Waals surface area (Å²) in [4.78, 5) is 24.5. The van der Waals surface area contributed by atoms with E-state index in [0.29, 0.717) is 19.4 Å². The van der Waals surface area contributed by atoms with E-state index in [1.165, 1.54) is 250 Å². The first kappa shape index (κ1) is 69.1. The summed E-state index contributed by atoms with van der Waals surface area (Å²) in [6.07, 6.45) is 76.2. The highest BCUT2D eigenvalue weighted by molar-refractivity contribution is 5.76. The summed E-state index contributed by atoms with van der Waals surface area (Å²) in [5.74, 6) is -0.0873. The molecule has 2 atom stereocenters. The number of aliphatic hydroxyl groups excluding tert-OH is 2. The van der Waals surface area contributed by atoms with Crippen molar-refractivity contribution >= 4 is 11.9 Å². The number of esters is 1. The Kier molecular flexibility index (Phi) is 59.0. The summed E-state index contributed by atoms with van der Waals surface area (Å²) in [5.41, 5.74) is 0. The smallest absolute Gasteiger partial charge is 0.305 e. The molecule has 418 valence electrons. The lowest BCUT2D eigenvalue weighted by atomic mass is 10.0. The molecule has 0 bridgehead atoms. The molecule has 0 heterocycles. The number of rotatable bonds is 59. The topological polar surface area (TPSA) is 95.9 Å². The van der Waals surface area contributed by atoms with Crippen molar-refractivity contribution in [2.24, 2.45) is 0 Å². The molecule has 0 fully saturated rings. The fourth-order valence-corrected chi connectivity index (χ4v) is 9.74. The maximum Gasteiger partial charge on any atom is 0.305 e. The molecule has 3 N–H and O–H groups in total. The summed E-state index contributed by atoms with van der Waals surface area (Å²) >= 11 is 0. The van der Waals surface area contributed by atoms with Gasteiger partial charge in [-0.15, -0.1) is 0 Å². The van der Waals surface area contributed by atoms with Gasteiger partial charge in [0, 0.05) is 12.8 Å². The monoisotopic (exact) mass is 998 g/mol. The number of amides is 1. The zero-order valence-corrected chi connectivity index (χ0v) is 47.7. The fraction of sp³-hybridized carbons (Fsp3) is 0.877. The molecule has 0 radical (unpaired) electrons. The van der Waals surface area contributed by atoms with E-state index in [2.05, 4.69) is 43.5 Å². The quantitative estimate of drug-likeness (QED) is 0.0321. The molecule has 0 spiro atoms. The van der Waals surface area contributed by atoms with Crippen LogP contribution in [0.4, 0.5) is 0 Å². The third-order valence-electron chi connectivity index (χ3n) is 14.6. The molecule has 0 aromatic heterocycles. The average Bonchev–Trinajstić information content (AvgIpc) is 3.37. The lowest BCUT2D eigenvalue weighted by Crippen LogP contribution is -2.45. The summed E-state index contributed by atoms with van der Waals surface area (Å²) in [6, 6.07) is -0.640. The molecular weight excluding hydrogens is 875 g/mol. The Hall–Kier alpha value is -1.92. The lowest BCUT2D eigenvalue weighted by Gasteiger charge is -2.20. The first-order valence-corrected chi connectivity index (χ1v) is 31.8. The summed E-state index contributed by atoms with van der Waals surface area (Å²) in [7, 11) is 0. The number of hydrogen-bond acceptors (Lipinski definition) is 5. The van der Waals surface area contributed by atoms with Gasteiger partial charge in [-0.25, -0.2) is 0 Å². The molecule has 6 heteroatoms. The van der Waals surface area contributed by atoms with Crippen molar-refractivity contribution in [2.75, 3.05) is 13.2 Å². The van der Waals surface area contributed by atoms with Gasteiger partial charge in [0.15, 0.2) is 0 Å². The predicted octanol–water partition coefficient (Wildman–Crippen LogP) is 20.0. The first-order valence-electron chi connectivity index (χ1n) is 31.8. The van der Waals surface area contributed by atoms with Crippen molar-refractivity contribution in [3.05, 3.63) is 36.5 Å². The Bertz CT molecular complexity index is 1150. The Morgan fingerprint density at radius 1 is 0.380 bits per heavy atom. The van der Waals surface area contributed by atoms with Crippen molar-refractivity contribution in [1.29, 1.82) is 0 Å². The minimum atomic E-state index is -0.855. The highest BCUT2D eigenvalue weighted by Gasteiger charge is 2.18. The van der Waals surface area contributed by atoms with Gasteiger partial charge in [-0.2, -0.15) is 0 Å². The minimum Gasteiger partial charge on any atom is -0.466 e. The zero-order valence-electron chi connectivity index (χ0n) is 47.7.